The van der Waals surface area contributed by atoms with Gasteiger partial charge >= 0.3 is 0 Å². The Bertz CT molecular complexity index is 728. The van der Waals surface area contributed by atoms with Crippen LogP contribution in [0.3, 0.4) is 0 Å². The number of phenolic OH excluding ortho intramolecular Hbond substituents is 4. The van der Waals surface area contributed by atoms with Crippen LogP contribution in [-0.4, -0.2) is 36.7 Å². The van der Waals surface area contributed by atoms with Gasteiger partial charge in [0.2, 0.25) is 5.75 Å². The molecular weight excluding hydrogens is 292 g/mol. The van der Waals surface area contributed by atoms with Gasteiger partial charge in [0.1, 0.15) is 12.2 Å². The van der Waals surface area contributed by atoms with E-state index < -0.39 is 35.6 Å². The number of phenols is 4. The summed E-state index contributed by atoms with van der Waals surface area (Å²) in [6, 6.07) is 6.31. The molecule has 116 valence electrons. The Morgan fingerprint density at radius 1 is 0.818 bits per heavy atom. The zero-order chi connectivity index (χ0) is 16.0. The van der Waals surface area contributed by atoms with E-state index in [0.29, 0.717) is 0 Å². The quantitative estimate of drug-likeness (QED) is 0.434. The molecule has 0 aliphatic carbocycles. The Kier molecular flexibility index (Phi) is 3.23. The van der Waals surface area contributed by atoms with E-state index in [1.54, 1.807) is 0 Å². The lowest BCUT2D eigenvalue weighted by molar-refractivity contribution is -0.0710. The van der Waals surface area contributed by atoms with Crippen LogP contribution in [0.2, 0.25) is 0 Å². The third kappa shape index (κ3) is 2.07. The average Bonchev–Trinajstić information content (AvgIpc) is 2.49. The summed E-state index contributed by atoms with van der Waals surface area (Å²) < 4.78 is 5.49. The minimum atomic E-state index is -1.36. The fourth-order valence-corrected chi connectivity index (χ4v) is 2.46. The van der Waals surface area contributed by atoms with Crippen molar-refractivity contribution in [2.75, 3.05) is 0 Å². The topological polar surface area (TPSA) is 131 Å². The number of rotatable bonds is 1. The number of benzene rings is 2. The van der Waals surface area contributed by atoms with Gasteiger partial charge in [-0.05, 0) is 29.8 Å². The number of ether oxygens (including phenoxy) is 1. The van der Waals surface area contributed by atoms with Crippen molar-refractivity contribution in [3.63, 3.8) is 0 Å². The number of aromatic hydroxyl groups is 4. The first kappa shape index (κ1) is 14.3. The van der Waals surface area contributed by atoms with Crippen molar-refractivity contribution in [2.45, 2.75) is 18.3 Å². The van der Waals surface area contributed by atoms with Gasteiger partial charge in [0.25, 0.3) is 0 Å². The zero-order valence-corrected chi connectivity index (χ0v) is 11.2. The molecule has 0 fully saturated rings. The van der Waals surface area contributed by atoms with Gasteiger partial charge in [0, 0.05) is 5.56 Å². The van der Waals surface area contributed by atoms with Crippen LogP contribution in [0.25, 0.3) is 0 Å². The first-order valence-corrected chi connectivity index (χ1v) is 6.49. The minimum absolute atomic E-state index is 0.141. The smallest absolute Gasteiger partial charge is 0.200 e. The van der Waals surface area contributed by atoms with Crippen molar-refractivity contribution in [1.82, 2.24) is 0 Å². The van der Waals surface area contributed by atoms with Gasteiger partial charge in [0.05, 0.1) is 0 Å². The van der Waals surface area contributed by atoms with Crippen LogP contribution < -0.4 is 4.74 Å². The molecule has 7 heteroatoms. The summed E-state index contributed by atoms with van der Waals surface area (Å²) in [6.45, 7) is 0. The number of aliphatic hydroxyl groups is 2. The van der Waals surface area contributed by atoms with Crippen LogP contribution in [0.4, 0.5) is 0 Å². The number of fused-ring (bicyclic) bond motifs is 1. The second kappa shape index (κ2) is 4.97. The first-order valence-electron chi connectivity index (χ1n) is 6.49. The summed E-state index contributed by atoms with van der Waals surface area (Å²) in [5.41, 5.74) is 0.428. The van der Waals surface area contributed by atoms with Gasteiger partial charge < -0.3 is 35.4 Å². The molecule has 7 nitrogen and oxygen atoms in total. The zero-order valence-electron chi connectivity index (χ0n) is 11.2. The van der Waals surface area contributed by atoms with E-state index in [-0.39, 0.29) is 22.6 Å². The van der Waals surface area contributed by atoms with Gasteiger partial charge in [0.15, 0.2) is 29.1 Å². The molecular formula is C15H14O7. The summed E-state index contributed by atoms with van der Waals surface area (Å²) in [4.78, 5) is 0. The molecule has 2 aromatic rings. The van der Waals surface area contributed by atoms with Gasteiger partial charge in [-0.1, -0.05) is 6.07 Å². The lowest BCUT2D eigenvalue weighted by Crippen LogP contribution is -2.34. The predicted molar refractivity (Wildman–Crippen MR) is 73.9 cm³/mol. The monoisotopic (exact) mass is 306 g/mol. The molecule has 1 aliphatic rings. The van der Waals surface area contributed by atoms with E-state index in [9.17, 15) is 30.6 Å². The van der Waals surface area contributed by atoms with E-state index in [4.69, 9.17) is 4.74 Å². The molecule has 0 saturated heterocycles. The Morgan fingerprint density at radius 3 is 2.18 bits per heavy atom. The molecule has 1 aliphatic heterocycles. The summed E-state index contributed by atoms with van der Waals surface area (Å²) in [6.07, 6.45) is -3.81. The Labute approximate surface area is 124 Å². The molecule has 6 N–H and O–H groups in total. The van der Waals surface area contributed by atoms with Crippen LogP contribution in [-0.2, 0) is 0 Å². The third-order valence-electron chi connectivity index (χ3n) is 3.67. The van der Waals surface area contributed by atoms with Crippen LogP contribution >= 0.6 is 0 Å². The second-order valence-corrected chi connectivity index (χ2v) is 5.07. The van der Waals surface area contributed by atoms with Gasteiger partial charge in [-0.25, -0.2) is 0 Å². The number of hydrogen-bond donors (Lipinski definition) is 6. The number of hydrogen-bond acceptors (Lipinski definition) is 7. The molecule has 2 aromatic carbocycles. The lowest BCUT2D eigenvalue weighted by atomic mass is 9.91. The highest BCUT2D eigenvalue weighted by Crippen LogP contribution is 2.49. The molecule has 3 rings (SSSR count). The van der Waals surface area contributed by atoms with Crippen molar-refractivity contribution >= 4 is 0 Å². The summed E-state index contributed by atoms with van der Waals surface area (Å²) in [7, 11) is 0. The van der Waals surface area contributed by atoms with Crippen molar-refractivity contribution < 1.29 is 35.4 Å². The van der Waals surface area contributed by atoms with Gasteiger partial charge in [-0.15, -0.1) is 0 Å². The normalized spacial score (nSPS) is 23.6. The molecule has 1 heterocycles. The van der Waals surface area contributed by atoms with Crippen molar-refractivity contribution in [3.05, 3.63) is 41.5 Å². The lowest BCUT2D eigenvalue weighted by Gasteiger charge is -2.34. The van der Waals surface area contributed by atoms with Gasteiger partial charge in [-0.2, -0.15) is 0 Å². The standard InChI is InChI=1S/C15H14O7/c16-8-3-1-6(5-10(8)18)14-13(21)11(19)7-2-4-9(17)12(20)15(7)22-14/h1-5,11,13-14,16-21H/t11-,13-,14+/m0/s1. The Hall–Kier alpha value is -2.64. The van der Waals surface area contributed by atoms with Crippen LogP contribution in [0.5, 0.6) is 28.7 Å². The molecule has 0 spiro atoms. The van der Waals surface area contributed by atoms with Crippen molar-refractivity contribution in [3.8, 4) is 28.7 Å². The van der Waals surface area contributed by atoms with Crippen molar-refractivity contribution in [2.24, 2.45) is 0 Å². The summed E-state index contributed by atoms with van der Waals surface area (Å²) in [5, 5.41) is 58.6. The second-order valence-electron chi connectivity index (χ2n) is 5.07. The molecule has 0 aromatic heterocycles. The van der Waals surface area contributed by atoms with E-state index in [1.807, 2.05) is 0 Å². The van der Waals surface area contributed by atoms with Gasteiger partial charge in [-0.3, -0.25) is 0 Å². The molecule has 0 radical (unpaired) electrons. The molecule has 3 atom stereocenters. The van der Waals surface area contributed by atoms with Crippen LogP contribution in [0.1, 0.15) is 23.3 Å². The molecule has 22 heavy (non-hydrogen) atoms. The fraction of sp³-hybridized carbons (Fsp3) is 0.200. The predicted octanol–water partition coefficient (Wildman–Crippen LogP) is 1.04. The van der Waals surface area contributed by atoms with E-state index >= 15 is 0 Å². The summed E-state index contributed by atoms with van der Waals surface area (Å²) in [5.74, 6) is -1.86. The average molecular weight is 306 g/mol. The van der Waals surface area contributed by atoms with Crippen LogP contribution in [0, 0.1) is 0 Å². The molecule has 0 saturated carbocycles. The SMILES string of the molecule is Oc1ccc([C@H]2Oc3c(ccc(O)c3O)[C@H](O)[C@@H]2O)cc1O. The Morgan fingerprint density at radius 2 is 1.50 bits per heavy atom. The largest absolute Gasteiger partial charge is 0.504 e. The summed E-state index contributed by atoms with van der Waals surface area (Å²) >= 11 is 0. The highest BCUT2D eigenvalue weighted by atomic mass is 16.5. The molecule has 0 unspecified atom stereocenters. The molecule has 0 amide bonds. The maximum absolute atomic E-state index is 10.2. The fourth-order valence-electron chi connectivity index (χ4n) is 2.46. The first-order chi connectivity index (χ1) is 10.4. The highest BCUT2D eigenvalue weighted by Gasteiger charge is 2.39. The maximum Gasteiger partial charge on any atom is 0.200 e. The van der Waals surface area contributed by atoms with Crippen LogP contribution in [0.15, 0.2) is 30.3 Å². The van der Waals surface area contributed by atoms with E-state index in [0.717, 1.165) is 0 Å². The highest BCUT2D eigenvalue weighted by molar-refractivity contribution is 5.56. The van der Waals surface area contributed by atoms with E-state index in [2.05, 4.69) is 0 Å². The minimum Gasteiger partial charge on any atom is -0.504 e. The van der Waals surface area contributed by atoms with Crippen molar-refractivity contribution in [1.29, 1.82) is 0 Å². The molecule has 0 bridgehead atoms. The number of aliphatic hydroxyl groups excluding tert-OH is 2. The Balaban J connectivity index is 2.07. The van der Waals surface area contributed by atoms with E-state index in [1.165, 1.54) is 30.3 Å². The third-order valence-corrected chi connectivity index (χ3v) is 3.67. The maximum atomic E-state index is 10.2.